The zero-order chi connectivity index (χ0) is 15.4. The van der Waals surface area contributed by atoms with Gasteiger partial charge in [0.05, 0.1) is 19.8 Å². The van der Waals surface area contributed by atoms with Gasteiger partial charge in [-0.15, -0.1) is 0 Å². The molecular weight excluding hydrogens is 284 g/mol. The Labute approximate surface area is 119 Å². The van der Waals surface area contributed by atoms with Gasteiger partial charge in [0.15, 0.2) is 6.23 Å². The SMILES string of the molecule is COCCOC[C@H]1O[C@@H](n2ccc(=O)[nH]c2=O)[C@H](O)[C@@H]1O. The monoisotopic (exact) mass is 302 g/mol. The molecule has 1 aliphatic heterocycles. The summed E-state index contributed by atoms with van der Waals surface area (Å²) in [5, 5.41) is 19.9. The average molecular weight is 302 g/mol. The number of aliphatic hydroxyl groups excluding tert-OH is 2. The van der Waals surface area contributed by atoms with Crippen molar-refractivity contribution in [3.8, 4) is 0 Å². The molecule has 2 heterocycles. The summed E-state index contributed by atoms with van der Waals surface area (Å²) in [5.41, 5.74) is -1.27. The fourth-order valence-corrected chi connectivity index (χ4v) is 2.07. The number of aliphatic hydroxyl groups is 2. The summed E-state index contributed by atoms with van der Waals surface area (Å²) in [6.07, 6.45) is -3.15. The van der Waals surface area contributed by atoms with Gasteiger partial charge in [0.1, 0.15) is 18.3 Å². The molecule has 0 bridgehead atoms. The fourth-order valence-electron chi connectivity index (χ4n) is 2.07. The molecule has 1 fully saturated rings. The standard InChI is InChI=1S/C12H18N2O7/c1-19-4-5-20-6-7-9(16)10(17)11(21-7)14-3-2-8(15)13-12(14)18/h2-3,7,9-11,16-17H,4-6H2,1H3,(H,13,15,18)/t7-,9-,10-,11-/m1/s1. The molecule has 0 saturated carbocycles. The Balaban J connectivity index is 2.05. The van der Waals surface area contributed by atoms with Crippen LogP contribution in [0.1, 0.15) is 6.23 Å². The van der Waals surface area contributed by atoms with E-state index in [9.17, 15) is 19.8 Å². The molecule has 1 aromatic heterocycles. The van der Waals surface area contributed by atoms with Crippen molar-refractivity contribution in [3.63, 3.8) is 0 Å². The molecular formula is C12H18N2O7. The molecule has 118 valence electrons. The molecule has 3 N–H and O–H groups in total. The van der Waals surface area contributed by atoms with Crippen LogP contribution in [0.15, 0.2) is 21.9 Å². The van der Waals surface area contributed by atoms with Gasteiger partial charge in [0, 0.05) is 19.4 Å². The summed E-state index contributed by atoms with van der Waals surface area (Å²) in [4.78, 5) is 24.7. The summed E-state index contributed by atoms with van der Waals surface area (Å²) in [5.74, 6) is 0. The highest BCUT2D eigenvalue weighted by atomic mass is 16.6. The number of rotatable bonds is 6. The van der Waals surface area contributed by atoms with E-state index in [0.717, 1.165) is 10.6 Å². The van der Waals surface area contributed by atoms with Crippen molar-refractivity contribution in [3.05, 3.63) is 33.1 Å². The van der Waals surface area contributed by atoms with Gasteiger partial charge >= 0.3 is 5.69 Å². The van der Waals surface area contributed by atoms with Crippen molar-refractivity contribution in [2.24, 2.45) is 0 Å². The normalized spacial score (nSPS) is 28.9. The molecule has 9 heteroatoms. The van der Waals surface area contributed by atoms with Crippen LogP contribution in [-0.4, -0.2) is 65.0 Å². The zero-order valence-electron chi connectivity index (χ0n) is 11.5. The van der Waals surface area contributed by atoms with Gasteiger partial charge in [-0.05, 0) is 0 Å². The number of nitrogens with one attached hydrogen (secondary N) is 1. The van der Waals surface area contributed by atoms with Crippen LogP contribution >= 0.6 is 0 Å². The summed E-state index contributed by atoms with van der Waals surface area (Å²) < 4.78 is 16.5. The van der Waals surface area contributed by atoms with Crippen molar-refractivity contribution in [2.45, 2.75) is 24.5 Å². The Morgan fingerprint density at radius 3 is 2.76 bits per heavy atom. The van der Waals surface area contributed by atoms with E-state index in [1.54, 1.807) is 0 Å². The molecule has 4 atom stereocenters. The number of methoxy groups -OCH3 is 1. The molecule has 0 amide bonds. The van der Waals surface area contributed by atoms with E-state index in [0.29, 0.717) is 13.2 Å². The summed E-state index contributed by atoms with van der Waals surface area (Å²) in [7, 11) is 1.53. The molecule has 21 heavy (non-hydrogen) atoms. The largest absolute Gasteiger partial charge is 0.387 e. The topological polar surface area (TPSA) is 123 Å². The van der Waals surface area contributed by atoms with Crippen LogP contribution < -0.4 is 11.2 Å². The number of aromatic nitrogens is 2. The van der Waals surface area contributed by atoms with Crippen LogP contribution in [-0.2, 0) is 14.2 Å². The van der Waals surface area contributed by atoms with E-state index in [1.165, 1.54) is 13.3 Å². The summed E-state index contributed by atoms with van der Waals surface area (Å²) in [6.45, 7) is 0.771. The number of hydrogen-bond donors (Lipinski definition) is 3. The lowest BCUT2D eigenvalue weighted by molar-refractivity contribution is -0.0724. The van der Waals surface area contributed by atoms with Gasteiger partial charge in [0.25, 0.3) is 5.56 Å². The van der Waals surface area contributed by atoms with Crippen molar-refractivity contribution in [2.75, 3.05) is 26.9 Å². The lowest BCUT2D eigenvalue weighted by atomic mass is 10.1. The quantitative estimate of drug-likeness (QED) is 0.510. The molecule has 2 rings (SSSR count). The van der Waals surface area contributed by atoms with Crippen LogP contribution in [0.25, 0.3) is 0 Å². The van der Waals surface area contributed by atoms with E-state index in [2.05, 4.69) is 4.98 Å². The Kier molecular flexibility index (Phi) is 5.26. The maximum atomic E-state index is 11.7. The third-order valence-corrected chi connectivity index (χ3v) is 3.18. The molecule has 9 nitrogen and oxygen atoms in total. The molecule has 1 aliphatic rings. The Hall–Kier alpha value is -1.52. The van der Waals surface area contributed by atoms with E-state index < -0.39 is 35.8 Å². The molecule has 0 aliphatic carbocycles. The van der Waals surface area contributed by atoms with Gasteiger partial charge in [0.2, 0.25) is 0 Å². The Morgan fingerprint density at radius 2 is 2.10 bits per heavy atom. The smallest absolute Gasteiger partial charge is 0.330 e. The molecule has 0 unspecified atom stereocenters. The van der Waals surface area contributed by atoms with E-state index >= 15 is 0 Å². The third kappa shape index (κ3) is 3.57. The van der Waals surface area contributed by atoms with Crippen LogP contribution in [0.4, 0.5) is 0 Å². The summed E-state index contributed by atoms with van der Waals surface area (Å²) in [6, 6.07) is 1.13. The minimum absolute atomic E-state index is 0.0518. The molecule has 0 radical (unpaired) electrons. The maximum absolute atomic E-state index is 11.7. The van der Waals surface area contributed by atoms with E-state index in [4.69, 9.17) is 14.2 Å². The predicted molar refractivity (Wildman–Crippen MR) is 69.9 cm³/mol. The van der Waals surface area contributed by atoms with E-state index in [1.807, 2.05) is 0 Å². The molecule has 1 saturated heterocycles. The highest BCUT2D eigenvalue weighted by Crippen LogP contribution is 2.28. The first kappa shape index (κ1) is 15.9. The second-order valence-corrected chi connectivity index (χ2v) is 4.63. The highest BCUT2D eigenvalue weighted by molar-refractivity contribution is 4.93. The zero-order valence-corrected chi connectivity index (χ0v) is 11.5. The highest BCUT2D eigenvalue weighted by Gasteiger charge is 2.44. The summed E-state index contributed by atoms with van der Waals surface area (Å²) >= 11 is 0. The first-order valence-corrected chi connectivity index (χ1v) is 6.44. The Bertz CT molecular complexity index is 569. The minimum Gasteiger partial charge on any atom is -0.387 e. The number of ether oxygens (including phenoxy) is 3. The van der Waals surface area contributed by atoms with Crippen molar-refractivity contribution in [1.82, 2.24) is 9.55 Å². The van der Waals surface area contributed by atoms with Crippen LogP contribution in [0, 0.1) is 0 Å². The van der Waals surface area contributed by atoms with Gasteiger partial charge in [-0.2, -0.15) is 0 Å². The van der Waals surface area contributed by atoms with Crippen molar-refractivity contribution < 1.29 is 24.4 Å². The van der Waals surface area contributed by atoms with Crippen LogP contribution in [0.5, 0.6) is 0 Å². The number of nitrogens with zero attached hydrogens (tertiary/aromatic N) is 1. The molecule has 1 aromatic rings. The first-order chi connectivity index (χ1) is 10.0. The second kappa shape index (κ2) is 6.96. The lowest BCUT2D eigenvalue weighted by Crippen LogP contribution is -2.37. The van der Waals surface area contributed by atoms with Crippen LogP contribution in [0.2, 0.25) is 0 Å². The number of hydrogen-bond acceptors (Lipinski definition) is 7. The first-order valence-electron chi connectivity index (χ1n) is 6.44. The van der Waals surface area contributed by atoms with Gasteiger partial charge in [-0.1, -0.05) is 0 Å². The van der Waals surface area contributed by atoms with Crippen molar-refractivity contribution in [1.29, 1.82) is 0 Å². The predicted octanol–water partition coefficient (Wildman–Crippen LogP) is -2.18. The van der Waals surface area contributed by atoms with Gasteiger partial charge < -0.3 is 24.4 Å². The average Bonchev–Trinajstić information content (AvgIpc) is 2.72. The third-order valence-electron chi connectivity index (χ3n) is 3.18. The Morgan fingerprint density at radius 1 is 1.33 bits per heavy atom. The van der Waals surface area contributed by atoms with Gasteiger partial charge in [-0.3, -0.25) is 14.3 Å². The van der Waals surface area contributed by atoms with Gasteiger partial charge in [-0.25, -0.2) is 4.79 Å². The van der Waals surface area contributed by atoms with Crippen molar-refractivity contribution >= 4 is 0 Å². The van der Waals surface area contributed by atoms with E-state index in [-0.39, 0.29) is 6.61 Å². The second-order valence-electron chi connectivity index (χ2n) is 4.63. The molecule has 0 spiro atoms. The molecule has 0 aromatic carbocycles. The number of aromatic amines is 1. The minimum atomic E-state index is -1.30. The lowest BCUT2D eigenvalue weighted by Gasteiger charge is -2.16. The maximum Gasteiger partial charge on any atom is 0.330 e. The fraction of sp³-hybridized carbons (Fsp3) is 0.667. The number of H-pyrrole nitrogens is 1. The van der Waals surface area contributed by atoms with Crippen LogP contribution in [0.3, 0.4) is 0 Å².